The highest BCUT2D eigenvalue weighted by Crippen LogP contribution is 2.45. The average molecular weight is 1240 g/mol. The van der Waals surface area contributed by atoms with Crippen LogP contribution >= 0.6 is 15.6 Å². The first-order valence-electron chi connectivity index (χ1n) is 34.0. The number of esters is 4. The molecule has 5 atom stereocenters. The van der Waals surface area contributed by atoms with Gasteiger partial charge in [-0.1, -0.05) is 273 Å². The molecule has 0 rings (SSSR count). The summed E-state index contributed by atoms with van der Waals surface area (Å²) in [6.07, 6.45) is 40.8. The number of ether oxygens (including phenoxy) is 4. The van der Waals surface area contributed by atoms with Gasteiger partial charge in [0.05, 0.1) is 26.4 Å². The molecule has 17 nitrogen and oxygen atoms in total. The van der Waals surface area contributed by atoms with E-state index in [0.717, 1.165) is 102 Å². The van der Waals surface area contributed by atoms with Crippen molar-refractivity contribution in [2.75, 3.05) is 39.6 Å². The molecule has 0 radical (unpaired) electrons. The molecule has 0 heterocycles. The third-order valence-corrected chi connectivity index (χ3v) is 16.9. The van der Waals surface area contributed by atoms with Crippen LogP contribution in [0.1, 0.15) is 324 Å². The number of aliphatic hydroxyl groups is 1. The monoisotopic (exact) mass is 1240 g/mol. The summed E-state index contributed by atoms with van der Waals surface area (Å²) in [5.74, 6) is -0.681. The highest BCUT2D eigenvalue weighted by Gasteiger charge is 2.30. The summed E-state index contributed by atoms with van der Waals surface area (Å²) >= 11 is 0. The molecule has 2 unspecified atom stereocenters. The molecule has 0 spiro atoms. The molecule has 3 N–H and O–H groups in total. The largest absolute Gasteiger partial charge is 0.472 e. The average Bonchev–Trinajstić information content (AvgIpc) is 3.65. The van der Waals surface area contributed by atoms with Crippen LogP contribution in [0.5, 0.6) is 0 Å². The minimum Gasteiger partial charge on any atom is -0.462 e. The number of carbonyl (C=O) groups excluding carboxylic acids is 4. The Morgan fingerprint density at radius 1 is 0.321 bits per heavy atom. The molecule has 0 aliphatic carbocycles. The van der Waals surface area contributed by atoms with Crippen molar-refractivity contribution in [1.82, 2.24) is 0 Å². The predicted octanol–water partition coefficient (Wildman–Crippen LogP) is 18.0. The second-order valence-corrected chi connectivity index (χ2v) is 27.4. The van der Waals surface area contributed by atoms with Gasteiger partial charge in [0.1, 0.15) is 19.3 Å². The van der Waals surface area contributed by atoms with E-state index in [1.54, 1.807) is 0 Å². The van der Waals surface area contributed by atoms with Gasteiger partial charge >= 0.3 is 39.5 Å². The Morgan fingerprint density at radius 2 is 0.548 bits per heavy atom. The zero-order valence-corrected chi connectivity index (χ0v) is 56.0. The van der Waals surface area contributed by atoms with Crippen molar-refractivity contribution in [1.29, 1.82) is 0 Å². The van der Waals surface area contributed by atoms with Gasteiger partial charge in [0.25, 0.3) is 0 Å². The summed E-state index contributed by atoms with van der Waals surface area (Å²) in [4.78, 5) is 72.0. The molecular formula is C65H126O17P2. The molecule has 0 amide bonds. The van der Waals surface area contributed by atoms with Crippen molar-refractivity contribution in [3.8, 4) is 0 Å². The van der Waals surface area contributed by atoms with Gasteiger partial charge in [-0.3, -0.25) is 37.3 Å². The van der Waals surface area contributed by atoms with Crippen LogP contribution in [0.25, 0.3) is 0 Å². The van der Waals surface area contributed by atoms with Crippen LogP contribution in [0.15, 0.2) is 0 Å². The minimum atomic E-state index is -4.94. The van der Waals surface area contributed by atoms with Gasteiger partial charge in [0.15, 0.2) is 12.2 Å². The molecule has 0 bridgehead atoms. The van der Waals surface area contributed by atoms with Gasteiger partial charge in [-0.05, 0) is 37.5 Å². The third-order valence-electron chi connectivity index (χ3n) is 15.0. The first kappa shape index (κ1) is 82.1. The quantitative estimate of drug-likeness (QED) is 0.0222. The molecular weight excluding hydrogens is 1110 g/mol. The normalized spacial score (nSPS) is 14.3. The standard InChI is InChI=1S/C65H126O17P2/c1-7-9-11-13-14-15-16-19-23-26-29-36-42-48-63(68)76-54-61(81-64(69)49-43-37-30-27-24-21-18-17-20-22-25-28-34-39-45-57(3)4)56-80-84(73,74)78-52-59(66)51-77-83(71,72)79-55-60(53-75-62(67)47-41-33-12-10-8-2)82-65(70)50-44-38-32-31-35-40-46-58(5)6/h57-61,66H,7-56H2,1-6H3,(H,71,72)(H,73,74)/t59-,60+,61+/m0/s1. The van der Waals surface area contributed by atoms with Crippen LogP contribution in [-0.4, -0.2) is 96.7 Å². The van der Waals surface area contributed by atoms with Gasteiger partial charge in [-0.15, -0.1) is 0 Å². The van der Waals surface area contributed by atoms with Crippen molar-refractivity contribution in [3.63, 3.8) is 0 Å². The van der Waals surface area contributed by atoms with Crippen molar-refractivity contribution in [2.45, 2.75) is 342 Å². The van der Waals surface area contributed by atoms with E-state index in [1.165, 1.54) is 135 Å². The van der Waals surface area contributed by atoms with Crippen LogP contribution < -0.4 is 0 Å². The highest BCUT2D eigenvalue weighted by atomic mass is 31.2. The molecule has 0 aliphatic heterocycles. The number of hydrogen-bond acceptors (Lipinski definition) is 15. The van der Waals surface area contributed by atoms with E-state index in [-0.39, 0.29) is 25.7 Å². The summed E-state index contributed by atoms with van der Waals surface area (Å²) < 4.78 is 67.8. The molecule has 0 aliphatic rings. The van der Waals surface area contributed by atoms with Gasteiger partial charge in [0.2, 0.25) is 0 Å². The van der Waals surface area contributed by atoms with E-state index < -0.39 is 97.5 Å². The van der Waals surface area contributed by atoms with Crippen molar-refractivity contribution in [2.24, 2.45) is 11.8 Å². The van der Waals surface area contributed by atoms with Gasteiger partial charge < -0.3 is 33.8 Å². The number of unbranched alkanes of at least 4 members (excludes halogenated alkanes) is 34. The van der Waals surface area contributed by atoms with E-state index in [4.69, 9.17) is 37.0 Å². The Bertz CT molecular complexity index is 1650. The van der Waals surface area contributed by atoms with E-state index in [1.807, 2.05) is 0 Å². The maximum Gasteiger partial charge on any atom is 0.472 e. The Balaban J connectivity index is 5.16. The van der Waals surface area contributed by atoms with Crippen molar-refractivity contribution >= 4 is 39.5 Å². The number of aliphatic hydroxyl groups excluding tert-OH is 1. The highest BCUT2D eigenvalue weighted by molar-refractivity contribution is 7.47. The van der Waals surface area contributed by atoms with Crippen LogP contribution in [0.2, 0.25) is 0 Å². The van der Waals surface area contributed by atoms with E-state index in [2.05, 4.69) is 41.5 Å². The molecule has 0 aromatic rings. The van der Waals surface area contributed by atoms with Crippen molar-refractivity contribution in [3.05, 3.63) is 0 Å². The lowest BCUT2D eigenvalue weighted by atomic mass is 10.0. The van der Waals surface area contributed by atoms with E-state index in [0.29, 0.717) is 31.6 Å². The fraction of sp³-hybridized carbons (Fsp3) is 0.938. The summed E-state index contributed by atoms with van der Waals surface area (Å²) in [5, 5.41) is 10.5. The second-order valence-electron chi connectivity index (χ2n) is 24.5. The molecule has 0 saturated carbocycles. The first-order chi connectivity index (χ1) is 40.4. The lowest BCUT2D eigenvalue weighted by Gasteiger charge is -2.21. The van der Waals surface area contributed by atoms with Gasteiger partial charge in [-0.2, -0.15) is 0 Å². The third kappa shape index (κ3) is 59.0. The fourth-order valence-electron chi connectivity index (χ4n) is 9.71. The topological polar surface area (TPSA) is 237 Å². The predicted molar refractivity (Wildman–Crippen MR) is 335 cm³/mol. The first-order valence-corrected chi connectivity index (χ1v) is 37.0. The van der Waals surface area contributed by atoms with E-state index in [9.17, 15) is 43.2 Å². The SMILES string of the molecule is CCCCCCCCCCCCCCCC(=O)OC[C@H](COP(=O)(O)OC[C@@H](O)COP(=O)(O)OC[C@@H](COC(=O)CCCCCCC)OC(=O)CCCCCCCCC(C)C)OC(=O)CCCCCCCCCCCCCCCCC(C)C. The summed E-state index contributed by atoms with van der Waals surface area (Å²) in [7, 11) is -9.88. The number of carbonyl (C=O) groups is 4. The summed E-state index contributed by atoms with van der Waals surface area (Å²) in [6, 6.07) is 0. The summed E-state index contributed by atoms with van der Waals surface area (Å²) in [6.45, 7) is 9.35. The Labute approximate surface area is 511 Å². The van der Waals surface area contributed by atoms with Crippen LogP contribution in [0.4, 0.5) is 0 Å². The number of phosphoric acid groups is 2. The lowest BCUT2D eigenvalue weighted by Crippen LogP contribution is -2.30. The molecule has 0 saturated heterocycles. The fourth-order valence-corrected chi connectivity index (χ4v) is 11.3. The maximum absolute atomic E-state index is 13.0. The number of phosphoric ester groups is 2. The van der Waals surface area contributed by atoms with Gasteiger partial charge in [0, 0.05) is 25.7 Å². The molecule has 19 heteroatoms. The van der Waals surface area contributed by atoms with Crippen LogP contribution in [-0.2, 0) is 65.4 Å². The Hall–Kier alpha value is -1.94. The number of hydrogen-bond donors (Lipinski definition) is 3. The summed E-state index contributed by atoms with van der Waals surface area (Å²) in [5.41, 5.74) is 0. The van der Waals surface area contributed by atoms with E-state index >= 15 is 0 Å². The number of rotatable bonds is 64. The molecule has 498 valence electrons. The van der Waals surface area contributed by atoms with Gasteiger partial charge in [-0.25, -0.2) is 9.13 Å². The minimum absolute atomic E-state index is 0.101. The van der Waals surface area contributed by atoms with Crippen LogP contribution in [0, 0.1) is 11.8 Å². The zero-order chi connectivity index (χ0) is 62.2. The Kier molecular flexibility index (Phi) is 56.2. The molecule has 0 aromatic heterocycles. The van der Waals surface area contributed by atoms with Crippen molar-refractivity contribution < 1.29 is 80.2 Å². The maximum atomic E-state index is 13.0. The molecule has 0 fully saturated rings. The second kappa shape index (κ2) is 57.5. The molecule has 84 heavy (non-hydrogen) atoms. The lowest BCUT2D eigenvalue weighted by molar-refractivity contribution is -0.161. The smallest absolute Gasteiger partial charge is 0.462 e. The Morgan fingerprint density at radius 3 is 0.810 bits per heavy atom. The zero-order valence-electron chi connectivity index (χ0n) is 54.2. The van der Waals surface area contributed by atoms with Crippen LogP contribution in [0.3, 0.4) is 0 Å². The molecule has 0 aromatic carbocycles.